The van der Waals surface area contributed by atoms with Crippen LogP contribution in [0.3, 0.4) is 0 Å². The summed E-state index contributed by atoms with van der Waals surface area (Å²) in [6.45, 7) is 18.3. The highest BCUT2D eigenvalue weighted by Gasteiger charge is 2.28. The first-order chi connectivity index (χ1) is 27.8. The predicted octanol–water partition coefficient (Wildman–Crippen LogP) is 16.6. The van der Waals surface area contributed by atoms with Gasteiger partial charge in [0.15, 0.2) is 0 Å². The molecule has 0 saturated carbocycles. The van der Waals surface area contributed by atoms with Crippen LogP contribution in [0, 0.1) is 0 Å². The third-order valence-electron chi connectivity index (χ3n) is 12.5. The van der Waals surface area contributed by atoms with Crippen LogP contribution in [-0.2, 0) is 23.7 Å². The van der Waals surface area contributed by atoms with E-state index in [1.54, 1.807) is 0 Å². The standard InChI is InChI=1S/C56H72N2/c1-9-11-13-15-17-22-26-45-46(27-23-18-16-14-12-10-2)53-51(39-24-20-19-21-25-39)54(58)50(41-30-34-43(35-31-41)56(6,7)8)49(40-28-32-42(33-29-40)55(3,4)5)52(53)47-37-36-44(57)38-48(45)47/h19-21,24-25,28-38H,9-18,22-23,26-27,57-58H2,1-8H3. The first-order valence-corrected chi connectivity index (χ1v) is 22.7. The number of anilines is 2. The molecule has 0 spiro atoms. The topological polar surface area (TPSA) is 52.0 Å². The summed E-state index contributed by atoms with van der Waals surface area (Å²) in [7, 11) is 0. The minimum Gasteiger partial charge on any atom is -0.399 e. The molecule has 0 atom stereocenters. The maximum Gasteiger partial charge on any atom is 0.0486 e. The summed E-state index contributed by atoms with van der Waals surface area (Å²) in [6.07, 6.45) is 17.3. The minimum atomic E-state index is 0.0439. The van der Waals surface area contributed by atoms with Crippen LogP contribution in [-0.4, -0.2) is 0 Å². The zero-order chi connectivity index (χ0) is 41.5. The van der Waals surface area contributed by atoms with Gasteiger partial charge in [-0.15, -0.1) is 0 Å². The quantitative estimate of drug-likeness (QED) is 0.0551. The molecule has 0 unspecified atom stereocenters. The number of fused-ring (bicyclic) bond motifs is 3. The van der Waals surface area contributed by atoms with E-state index in [4.69, 9.17) is 11.5 Å². The maximum absolute atomic E-state index is 7.82. The van der Waals surface area contributed by atoms with Crippen molar-refractivity contribution in [1.29, 1.82) is 0 Å². The van der Waals surface area contributed by atoms with Gasteiger partial charge in [-0.3, -0.25) is 0 Å². The van der Waals surface area contributed by atoms with E-state index in [1.807, 2.05) is 0 Å². The molecule has 0 amide bonds. The first-order valence-electron chi connectivity index (χ1n) is 22.7. The lowest BCUT2D eigenvalue weighted by atomic mass is 9.77. The number of unbranched alkanes of at least 4 members (excludes halogenated alkanes) is 10. The van der Waals surface area contributed by atoms with Crippen LogP contribution in [0.5, 0.6) is 0 Å². The molecule has 4 N–H and O–H groups in total. The van der Waals surface area contributed by atoms with Crippen LogP contribution < -0.4 is 11.5 Å². The van der Waals surface area contributed by atoms with Crippen molar-refractivity contribution in [2.24, 2.45) is 0 Å². The van der Waals surface area contributed by atoms with Crippen molar-refractivity contribution in [3.8, 4) is 33.4 Å². The Morgan fingerprint density at radius 2 is 0.879 bits per heavy atom. The fourth-order valence-electron chi connectivity index (χ4n) is 9.18. The second kappa shape index (κ2) is 19.0. The Balaban J connectivity index is 1.76. The van der Waals surface area contributed by atoms with Gasteiger partial charge < -0.3 is 11.5 Å². The Labute approximate surface area is 351 Å². The summed E-state index contributed by atoms with van der Waals surface area (Å²) in [5.74, 6) is 0. The number of rotatable bonds is 17. The molecule has 6 aromatic carbocycles. The van der Waals surface area contributed by atoms with Crippen molar-refractivity contribution in [2.45, 2.75) is 156 Å². The Morgan fingerprint density at radius 3 is 1.40 bits per heavy atom. The molecule has 0 bridgehead atoms. The molecule has 0 heterocycles. The van der Waals surface area contributed by atoms with Crippen LogP contribution >= 0.6 is 0 Å². The van der Waals surface area contributed by atoms with Crippen molar-refractivity contribution < 1.29 is 0 Å². The lowest BCUT2D eigenvalue weighted by molar-refractivity contribution is 0.590. The van der Waals surface area contributed by atoms with E-state index in [1.165, 1.54) is 137 Å². The SMILES string of the molecule is CCCCCCCCc1c(CCCCCCCC)c2c(-c3ccccc3)c(N)c(-c3ccc(C(C)(C)C)cc3)c(-c3ccc(C(C)(C)C)cc3)c2c2ccc(N)cc12. The highest BCUT2D eigenvalue weighted by Crippen LogP contribution is 2.53. The molecule has 0 fully saturated rings. The second-order valence-corrected chi connectivity index (χ2v) is 19.1. The van der Waals surface area contributed by atoms with Gasteiger partial charge in [-0.2, -0.15) is 0 Å². The number of hydrogen-bond acceptors (Lipinski definition) is 2. The molecule has 58 heavy (non-hydrogen) atoms. The van der Waals surface area contributed by atoms with Crippen LogP contribution in [0.2, 0.25) is 0 Å². The fraction of sp³-hybridized carbons (Fsp3) is 0.429. The van der Waals surface area contributed by atoms with Crippen LogP contribution in [0.25, 0.3) is 54.9 Å². The van der Waals surface area contributed by atoms with Gasteiger partial charge >= 0.3 is 0 Å². The molecule has 306 valence electrons. The van der Waals surface area contributed by atoms with E-state index in [-0.39, 0.29) is 10.8 Å². The zero-order valence-corrected chi connectivity index (χ0v) is 37.3. The number of benzene rings is 6. The smallest absolute Gasteiger partial charge is 0.0486 e. The van der Waals surface area contributed by atoms with Crippen LogP contribution in [0.1, 0.15) is 155 Å². The molecule has 2 heteroatoms. The monoisotopic (exact) mass is 773 g/mol. The Morgan fingerprint density at radius 1 is 0.414 bits per heavy atom. The van der Waals surface area contributed by atoms with Gasteiger partial charge in [-0.25, -0.2) is 0 Å². The Hall–Kier alpha value is -4.56. The van der Waals surface area contributed by atoms with Gasteiger partial charge in [0.05, 0.1) is 0 Å². The van der Waals surface area contributed by atoms with Gasteiger partial charge in [-0.1, -0.05) is 205 Å². The van der Waals surface area contributed by atoms with Gasteiger partial charge in [0.25, 0.3) is 0 Å². The second-order valence-electron chi connectivity index (χ2n) is 19.1. The van der Waals surface area contributed by atoms with Gasteiger partial charge in [0.1, 0.15) is 0 Å². The van der Waals surface area contributed by atoms with E-state index < -0.39 is 0 Å². The molecular formula is C56H72N2. The summed E-state index contributed by atoms with van der Waals surface area (Å²) >= 11 is 0. The highest BCUT2D eigenvalue weighted by molar-refractivity contribution is 6.26. The molecular weight excluding hydrogens is 701 g/mol. The summed E-state index contributed by atoms with van der Waals surface area (Å²) in [6, 6.07) is 36.3. The molecule has 0 aromatic heterocycles. The third-order valence-corrected chi connectivity index (χ3v) is 12.5. The van der Waals surface area contributed by atoms with Crippen molar-refractivity contribution >= 4 is 32.9 Å². The maximum atomic E-state index is 7.82. The first kappa shape index (κ1) is 43.0. The Bertz CT molecular complexity index is 2260. The summed E-state index contributed by atoms with van der Waals surface area (Å²) in [4.78, 5) is 0. The van der Waals surface area contributed by atoms with Crippen molar-refractivity contribution in [3.63, 3.8) is 0 Å². The molecule has 6 aromatic rings. The molecule has 0 aliphatic heterocycles. The number of aryl methyl sites for hydroxylation is 2. The molecule has 2 nitrogen and oxygen atoms in total. The molecule has 0 saturated heterocycles. The van der Waals surface area contributed by atoms with Gasteiger partial charge in [-0.05, 0) is 109 Å². The van der Waals surface area contributed by atoms with E-state index in [0.717, 1.165) is 41.8 Å². The van der Waals surface area contributed by atoms with Crippen molar-refractivity contribution in [1.82, 2.24) is 0 Å². The highest BCUT2D eigenvalue weighted by atomic mass is 14.6. The zero-order valence-electron chi connectivity index (χ0n) is 37.3. The average Bonchev–Trinajstić information content (AvgIpc) is 3.20. The molecule has 6 rings (SSSR count). The van der Waals surface area contributed by atoms with Crippen molar-refractivity contribution in [3.05, 3.63) is 119 Å². The van der Waals surface area contributed by atoms with E-state index in [9.17, 15) is 0 Å². The summed E-state index contributed by atoms with van der Waals surface area (Å²) in [5.41, 5.74) is 29.0. The minimum absolute atomic E-state index is 0.0439. The number of hydrogen-bond donors (Lipinski definition) is 2. The van der Waals surface area contributed by atoms with E-state index in [0.29, 0.717) is 0 Å². The van der Waals surface area contributed by atoms with Crippen LogP contribution in [0.15, 0.2) is 97.1 Å². The van der Waals surface area contributed by atoms with Crippen molar-refractivity contribution in [2.75, 3.05) is 11.5 Å². The lowest BCUT2D eigenvalue weighted by Crippen LogP contribution is -2.11. The van der Waals surface area contributed by atoms with Gasteiger partial charge in [0, 0.05) is 28.1 Å². The summed E-state index contributed by atoms with van der Waals surface area (Å²) in [5, 5.41) is 5.22. The fourth-order valence-corrected chi connectivity index (χ4v) is 9.18. The van der Waals surface area contributed by atoms with Crippen LogP contribution in [0.4, 0.5) is 11.4 Å². The third kappa shape index (κ3) is 9.65. The lowest BCUT2D eigenvalue weighted by Gasteiger charge is -2.28. The molecule has 0 aliphatic carbocycles. The molecule has 0 aliphatic rings. The predicted molar refractivity (Wildman–Crippen MR) is 258 cm³/mol. The average molecular weight is 773 g/mol. The molecule has 0 radical (unpaired) electrons. The number of nitrogens with two attached hydrogens (primary N) is 2. The largest absolute Gasteiger partial charge is 0.399 e. The Kier molecular flexibility index (Phi) is 14.1. The normalized spacial score (nSPS) is 12.2. The summed E-state index contributed by atoms with van der Waals surface area (Å²) < 4.78 is 0. The van der Waals surface area contributed by atoms with Gasteiger partial charge in [0.2, 0.25) is 0 Å². The van der Waals surface area contributed by atoms with E-state index in [2.05, 4.69) is 152 Å². The van der Waals surface area contributed by atoms with E-state index >= 15 is 0 Å². The number of nitrogen functional groups attached to an aromatic ring is 2.